The van der Waals surface area contributed by atoms with Crippen LogP contribution in [-0.4, -0.2) is 19.1 Å². The smallest absolute Gasteiger partial charge is 0.244 e. The zero-order valence-corrected chi connectivity index (χ0v) is 14.3. The fraction of sp³-hybridized carbons (Fsp3) is 0.250. The lowest BCUT2D eigenvalue weighted by molar-refractivity contribution is -0.117. The van der Waals surface area contributed by atoms with Crippen molar-refractivity contribution in [1.82, 2.24) is 5.32 Å². The number of benzene rings is 2. The molecule has 6 heteroatoms. The van der Waals surface area contributed by atoms with Crippen LogP contribution < -0.4 is 14.8 Å². The fourth-order valence-corrected chi connectivity index (χ4v) is 2.62. The van der Waals surface area contributed by atoms with Gasteiger partial charge in [0.1, 0.15) is 11.6 Å². The molecule has 3 rings (SSSR count). The topological polar surface area (TPSA) is 47.6 Å². The molecule has 1 N–H and O–H groups in total. The van der Waals surface area contributed by atoms with Crippen LogP contribution in [0.2, 0.25) is 0 Å². The van der Waals surface area contributed by atoms with Gasteiger partial charge in [-0.15, -0.1) is 0 Å². The lowest BCUT2D eigenvalue weighted by Crippen LogP contribution is -2.24. The van der Waals surface area contributed by atoms with Crippen LogP contribution in [0.5, 0.6) is 11.5 Å². The summed E-state index contributed by atoms with van der Waals surface area (Å²) in [6.45, 7) is 3.00. The van der Waals surface area contributed by atoms with Crippen LogP contribution in [0.1, 0.15) is 30.5 Å². The van der Waals surface area contributed by atoms with Gasteiger partial charge >= 0.3 is 0 Å². The van der Waals surface area contributed by atoms with Gasteiger partial charge in [0.2, 0.25) is 5.91 Å². The van der Waals surface area contributed by atoms with Crippen LogP contribution in [-0.2, 0) is 4.79 Å². The Labute approximate surface area is 150 Å². The monoisotopic (exact) mass is 359 g/mol. The van der Waals surface area contributed by atoms with E-state index in [1.807, 2.05) is 25.1 Å². The molecule has 0 saturated carbocycles. The Bertz CT molecular complexity index is 816. The molecule has 26 heavy (non-hydrogen) atoms. The first-order valence-corrected chi connectivity index (χ1v) is 8.37. The van der Waals surface area contributed by atoms with Gasteiger partial charge in [0.05, 0.1) is 19.3 Å². The third-order valence-corrected chi connectivity index (χ3v) is 4.03. The molecule has 0 spiro atoms. The van der Waals surface area contributed by atoms with Crippen molar-refractivity contribution in [2.24, 2.45) is 0 Å². The molecular formula is C20H19F2NO3. The third-order valence-electron chi connectivity index (χ3n) is 4.03. The third kappa shape index (κ3) is 4.20. The number of carbonyl (C=O) groups is 1. The fourth-order valence-electron chi connectivity index (χ4n) is 2.62. The van der Waals surface area contributed by atoms with Crippen LogP contribution in [0.15, 0.2) is 42.5 Å². The Balaban J connectivity index is 1.68. The van der Waals surface area contributed by atoms with Gasteiger partial charge in [-0.2, -0.15) is 0 Å². The molecular weight excluding hydrogens is 340 g/mol. The van der Waals surface area contributed by atoms with Gasteiger partial charge in [0.15, 0.2) is 11.5 Å². The molecule has 0 radical (unpaired) electrons. The second kappa shape index (κ2) is 7.99. The molecule has 1 aliphatic rings. The van der Waals surface area contributed by atoms with Gasteiger partial charge in [-0.1, -0.05) is 12.1 Å². The van der Waals surface area contributed by atoms with Gasteiger partial charge < -0.3 is 14.8 Å². The molecule has 2 aromatic carbocycles. The van der Waals surface area contributed by atoms with Gasteiger partial charge in [-0.3, -0.25) is 4.79 Å². The molecule has 1 aliphatic heterocycles. The van der Waals surface area contributed by atoms with Gasteiger partial charge in [0.25, 0.3) is 0 Å². The first kappa shape index (κ1) is 17.9. The zero-order chi connectivity index (χ0) is 18.5. The van der Waals surface area contributed by atoms with E-state index >= 15 is 0 Å². The molecule has 2 aromatic rings. The summed E-state index contributed by atoms with van der Waals surface area (Å²) in [5.74, 6) is -0.563. The highest BCUT2D eigenvalue weighted by atomic mass is 19.1. The quantitative estimate of drug-likeness (QED) is 0.839. The minimum atomic E-state index is -0.718. The van der Waals surface area contributed by atoms with Crippen molar-refractivity contribution in [2.45, 2.75) is 19.4 Å². The maximum absolute atomic E-state index is 13.6. The molecule has 0 fully saturated rings. The number of amides is 1. The molecule has 1 amide bonds. The van der Waals surface area contributed by atoms with Crippen molar-refractivity contribution in [3.05, 3.63) is 65.2 Å². The van der Waals surface area contributed by atoms with Crippen LogP contribution >= 0.6 is 0 Å². The number of nitrogens with one attached hydrogen (secondary N) is 1. The lowest BCUT2D eigenvalue weighted by atomic mass is 10.1. The summed E-state index contributed by atoms with van der Waals surface area (Å²) >= 11 is 0. The maximum Gasteiger partial charge on any atom is 0.244 e. The highest BCUT2D eigenvalue weighted by molar-refractivity contribution is 5.92. The summed E-state index contributed by atoms with van der Waals surface area (Å²) in [6.07, 6.45) is 3.05. The summed E-state index contributed by atoms with van der Waals surface area (Å²) < 4.78 is 38.4. The molecule has 0 saturated heterocycles. The first-order valence-electron chi connectivity index (χ1n) is 8.37. The Hall–Kier alpha value is -2.89. The van der Waals surface area contributed by atoms with Crippen molar-refractivity contribution in [1.29, 1.82) is 0 Å². The maximum atomic E-state index is 13.6. The second-order valence-electron chi connectivity index (χ2n) is 5.96. The van der Waals surface area contributed by atoms with E-state index in [0.29, 0.717) is 24.7 Å². The zero-order valence-electron chi connectivity index (χ0n) is 14.3. The van der Waals surface area contributed by atoms with E-state index in [4.69, 9.17) is 9.47 Å². The SMILES string of the molecule is C[C@@H](NC(=O)/C=C/c1c(F)cccc1F)c1ccc2c(c1)OCCCO2. The van der Waals surface area contributed by atoms with Gasteiger partial charge in [0, 0.05) is 18.1 Å². The average Bonchev–Trinajstić information content (AvgIpc) is 2.86. The van der Waals surface area contributed by atoms with E-state index in [-0.39, 0.29) is 11.6 Å². The van der Waals surface area contributed by atoms with Gasteiger partial charge in [-0.25, -0.2) is 8.78 Å². The molecule has 136 valence electrons. The normalized spacial score (nSPS) is 14.7. The average molecular weight is 359 g/mol. The van der Waals surface area contributed by atoms with Crippen LogP contribution in [0.25, 0.3) is 6.08 Å². The Morgan fingerprint density at radius 3 is 2.54 bits per heavy atom. The largest absolute Gasteiger partial charge is 0.490 e. The summed E-state index contributed by atoms with van der Waals surface area (Å²) in [5.41, 5.74) is 0.596. The lowest BCUT2D eigenvalue weighted by Gasteiger charge is -2.15. The first-order chi connectivity index (χ1) is 12.5. The molecule has 4 nitrogen and oxygen atoms in total. The Morgan fingerprint density at radius 1 is 1.12 bits per heavy atom. The van der Waals surface area contributed by atoms with Crippen molar-refractivity contribution < 1.29 is 23.0 Å². The van der Waals surface area contributed by atoms with Crippen LogP contribution in [0, 0.1) is 11.6 Å². The molecule has 1 heterocycles. The predicted molar refractivity (Wildman–Crippen MR) is 94.0 cm³/mol. The molecule has 1 atom stereocenters. The van der Waals surface area contributed by atoms with E-state index in [0.717, 1.165) is 36.3 Å². The Kier molecular flexibility index (Phi) is 5.51. The van der Waals surface area contributed by atoms with E-state index in [1.54, 1.807) is 0 Å². The number of halogens is 2. The molecule has 0 bridgehead atoms. The molecule has 0 aromatic heterocycles. The summed E-state index contributed by atoms with van der Waals surface area (Å²) in [4.78, 5) is 12.1. The molecule has 0 unspecified atom stereocenters. The van der Waals surface area contributed by atoms with E-state index < -0.39 is 17.5 Å². The molecule has 0 aliphatic carbocycles. The number of hydrogen-bond donors (Lipinski definition) is 1. The standard InChI is InChI=1S/C20H19F2NO3/c1-13(14-6-8-18-19(12-14)26-11-3-10-25-18)23-20(24)9-7-15-16(21)4-2-5-17(15)22/h2,4-9,12-13H,3,10-11H2,1H3,(H,23,24)/b9-7+/t13-/m1/s1. The Morgan fingerprint density at radius 2 is 1.81 bits per heavy atom. The van der Waals surface area contributed by atoms with Crippen molar-refractivity contribution in [2.75, 3.05) is 13.2 Å². The van der Waals surface area contributed by atoms with E-state index in [2.05, 4.69) is 5.32 Å². The highest BCUT2D eigenvalue weighted by Crippen LogP contribution is 2.32. The predicted octanol–water partition coefficient (Wildman–Crippen LogP) is 4.02. The number of hydrogen-bond acceptors (Lipinski definition) is 3. The van der Waals surface area contributed by atoms with Crippen LogP contribution in [0.4, 0.5) is 8.78 Å². The minimum absolute atomic E-state index is 0.245. The van der Waals surface area contributed by atoms with Crippen molar-refractivity contribution >= 4 is 12.0 Å². The number of rotatable bonds is 4. The van der Waals surface area contributed by atoms with E-state index in [1.165, 1.54) is 6.07 Å². The second-order valence-corrected chi connectivity index (χ2v) is 5.96. The van der Waals surface area contributed by atoms with Gasteiger partial charge in [-0.05, 0) is 42.8 Å². The summed E-state index contributed by atoms with van der Waals surface area (Å²) in [7, 11) is 0. The van der Waals surface area contributed by atoms with Crippen LogP contribution in [0.3, 0.4) is 0 Å². The van der Waals surface area contributed by atoms with E-state index in [9.17, 15) is 13.6 Å². The number of fused-ring (bicyclic) bond motifs is 1. The number of carbonyl (C=O) groups excluding carboxylic acids is 1. The summed E-state index contributed by atoms with van der Waals surface area (Å²) in [5, 5.41) is 2.76. The highest BCUT2D eigenvalue weighted by Gasteiger charge is 2.14. The number of ether oxygens (including phenoxy) is 2. The summed E-state index contributed by atoms with van der Waals surface area (Å²) in [6, 6.07) is 8.72. The minimum Gasteiger partial charge on any atom is -0.490 e. The van der Waals surface area contributed by atoms with Crippen molar-refractivity contribution in [3.63, 3.8) is 0 Å². The van der Waals surface area contributed by atoms with Crippen molar-refractivity contribution in [3.8, 4) is 11.5 Å².